The van der Waals surface area contributed by atoms with E-state index in [-0.39, 0.29) is 5.76 Å². The van der Waals surface area contributed by atoms with Gasteiger partial charge in [-0.15, -0.1) is 0 Å². The summed E-state index contributed by atoms with van der Waals surface area (Å²) >= 11 is 0. The predicted octanol–water partition coefficient (Wildman–Crippen LogP) is 0.272. The van der Waals surface area contributed by atoms with Crippen molar-refractivity contribution in [2.45, 2.75) is 6.04 Å². The molecule has 7 nitrogen and oxygen atoms in total. The number of nitrogens with zero attached hydrogens (tertiary/aromatic N) is 1. The van der Waals surface area contributed by atoms with E-state index in [9.17, 15) is 14.9 Å². The largest absolute Gasteiger partial charge is 0.480 e. The summed E-state index contributed by atoms with van der Waals surface area (Å²) in [5.41, 5.74) is 5.14. The predicted molar refractivity (Wildman–Crippen MR) is 39.9 cm³/mol. The molecule has 13 heavy (non-hydrogen) atoms. The molecule has 0 spiro atoms. The quantitative estimate of drug-likeness (QED) is 0.516. The van der Waals surface area contributed by atoms with Crippen molar-refractivity contribution >= 4 is 11.9 Å². The first kappa shape index (κ1) is 9.20. The monoisotopic (exact) mass is 186 g/mol. The Morgan fingerprint density at radius 2 is 2.31 bits per heavy atom. The van der Waals surface area contributed by atoms with E-state index in [4.69, 9.17) is 10.8 Å². The van der Waals surface area contributed by atoms with Crippen LogP contribution in [0.1, 0.15) is 11.8 Å². The lowest BCUT2D eigenvalue weighted by Gasteiger charge is -1.99. The van der Waals surface area contributed by atoms with Crippen LogP contribution in [0.4, 0.5) is 5.88 Å². The van der Waals surface area contributed by atoms with Crippen molar-refractivity contribution in [1.29, 1.82) is 0 Å². The maximum Gasteiger partial charge on any atom is 0.433 e. The number of carboxylic acids is 1. The summed E-state index contributed by atoms with van der Waals surface area (Å²) in [6.45, 7) is 0. The molecular formula is C6H6N2O5. The minimum atomic E-state index is -1.37. The fourth-order valence-corrected chi connectivity index (χ4v) is 0.729. The lowest BCUT2D eigenvalue weighted by molar-refractivity contribution is -0.402. The molecule has 3 N–H and O–H groups in total. The highest BCUT2D eigenvalue weighted by atomic mass is 16.6. The van der Waals surface area contributed by atoms with Crippen molar-refractivity contribution in [3.8, 4) is 0 Å². The Labute approximate surface area is 71.9 Å². The van der Waals surface area contributed by atoms with Gasteiger partial charge in [-0.25, -0.2) is 0 Å². The van der Waals surface area contributed by atoms with Crippen molar-refractivity contribution in [2.75, 3.05) is 0 Å². The molecule has 1 unspecified atom stereocenters. The van der Waals surface area contributed by atoms with Gasteiger partial charge in [0.25, 0.3) is 0 Å². The minimum Gasteiger partial charge on any atom is -0.480 e. The molecule has 0 aliphatic rings. The number of carbonyl (C=O) groups is 1. The number of aliphatic carboxylic acids is 1. The van der Waals surface area contributed by atoms with Crippen LogP contribution in [0.5, 0.6) is 0 Å². The van der Waals surface area contributed by atoms with Crippen LogP contribution in [-0.2, 0) is 4.79 Å². The molecule has 1 atom stereocenters. The third kappa shape index (κ3) is 1.82. The van der Waals surface area contributed by atoms with Crippen LogP contribution in [0.2, 0.25) is 0 Å². The van der Waals surface area contributed by atoms with Crippen LogP contribution >= 0.6 is 0 Å². The molecule has 0 fully saturated rings. The summed E-state index contributed by atoms with van der Waals surface area (Å²) < 4.78 is 4.56. The lowest BCUT2D eigenvalue weighted by Crippen LogP contribution is -2.19. The zero-order chi connectivity index (χ0) is 10.0. The summed E-state index contributed by atoms with van der Waals surface area (Å²) in [5, 5.41) is 18.6. The van der Waals surface area contributed by atoms with Gasteiger partial charge in [0.15, 0.2) is 6.04 Å². The van der Waals surface area contributed by atoms with Crippen LogP contribution < -0.4 is 5.73 Å². The Hall–Kier alpha value is -1.89. The Kier molecular flexibility index (Phi) is 2.29. The van der Waals surface area contributed by atoms with E-state index in [1.165, 1.54) is 0 Å². The molecule has 7 heteroatoms. The smallest absolute Gasteiger partial charge is 0.433 e. The van der Waals surface area contributed by atoms with Gasteiger partial charge >= 0.3 is 11.9 Å². The first-order chi connectivity index (χ1) is 6.02. The van der Waals surface area contributed by atoms with Gasteiger partial charge in [0, 0.05) is 0 Å². The van der Waals surface area contributed by atoms with E-state index in [2.05, 4.69) is 4.42 Å². The van der Waals surface area contributed by atoms with E-state index in [1.54, 1.807) is 0 Å². The molecule has 1 heterocycles. The second-order valence-corrected chi connectivity index (χ2v) is 2.25. The Balaban J connectivity index is 2.91. The molecule has 0 amide bonds. The van der Waals surface area contributed by atoms with Crippen molar-refractivity contribution in [1.82, 2.24) is 0 Å². The standard InChI is InChI=1S/C6H6N2O5/c7-5(6(9)10)3-1-2-4(13-3)8(11)12/h1-2,5H,7H2,(H,9,10). The molecule has 0 bridgehead atoms. The SMILES string of the molecule is NC(C(=O)O)c1ccc([N+](=O)[O-])o1. The molecular weight excluding hydrogens is 180 g/mol. The second kappa shape index (κ2) is 3.23. The maximum atomic E-state index is 10.3. The molecule has 1 rings (SSSR count). The van der Waals surface area contributed by atoms with Gasteiger partial charge in [-0.05, 0) is 6.07 Å². The van der Waals surface area contributed by atoms with Crippen molar-refractivity contribution in [3.63, 3.8) is 0 Å². The number of rotatable bonds is 3. The third-order valence-corrected chi connectivity index (χ3v) is 1.37. The van der Waals surface area contributed by atoms with E-state index in [1.807, 2.05) is 0 Å². The average molecular weight is 186 g/mol. The van der Waals surface area contributed by atoms with Crippen LogP contribution in [-0.4, -0.2) is 16.0 Å². The highest BCUT2D eigenvalue weighted by molar-refractivity contribution is 5.74. The molecule has 1 aromatic heterocycles. The van der Waals surface area contributed by atoms with Crippen molar-refractivity contribution < 1.29 is 19.2 Å². The highest BCUT2D eigenvalue weighted by Gasteiger charge is 2.21. The summed E-state index contributed by atoms with van der Waals surface area (Å²) in [7, 11) is 0. The third-order valence-electron chi connectivity index (χ3n) is 1.37. The van der Waals surface area contributed by atoms with Crippen LogP contribution in [0, 0.1) is 10.1 Å². The van der Waals surface area contributed by atoms with Gasteiger partial charge in [0.05, 0.1) is 6.07 Å². The van der Waals surface area contributed by atoms with Gasteiger partial charge in [-0.1, -0.05) is 0 Å². The molecule has 0 aliphatic heterocycles. The first-order valence-corrected chi connectivity index (χ1v) is 3.25. The second-order valence-electron chi connectivity index (χ2n) is 2.25. The summed E-state index contributed by atoms with van der Waals surface area (Å²) in [6.07, 6.45) is 0. The van der Waals surface area contributed by atoms with E-state index < -0.39 is 22.8 Å². The van der Waals surface area contributed by atoms with Gasteiger partial charge in [-0.3, -0.25) is 14.9 Å². The number of carboxylic acid groups (broad SMARTS) is 1. The fourth-order valence-electron chi connectivity index (χ4n) is 0.729. The fraction of sp³-hybridized carbons (Fsp3) is 0.167. The van der Waals surface area contributed by atoms with Crippen LogP contribution in [0.3, 0.4) is 0 Å². The summed E-state index contributed by atoms with van der Waals surface area (Å²) in [5.74, 6) is -1.96. The van der Waals surface area contributed by atoms with E-state index >= 15 is 0 Å². The number of hydrogen-bond donors (Lipinski definition) is 2. The van der Waals surface area contributed by atoms with Gasteiger partial charge in [-0.2, -0.15) is 0 Å². The van der Waals surface area contributed by atoms with Gasteiger partial charge < -0.3 is 15.3 Å². The Bertz CT molecular complexity index is 345. The lowest BCUT2D eigenvalue weighted by atomic mass is 10.2. The molecule has 1 aromatic rings. The number of nitro groups is 1. The zero-order valence-corrected chi connectivity index (χ0v) is 6.34. The minimum absolute atomic E-state index is 0.140. The topological polar surface area (TPSA) is 120 Å². The molecule has 70 valence electrons. The Morgan fingerprint density at radius 1 is 1.69 bits per heavy atom. The van der Waals surface area contributed by atoms with Crippen molar-refractivity contribution in [2.24, 2.45) is 5.73 Å². The highest BCUT2D eigenvalue weighted by Crippen LogP contribution is 2.19. The molecule has 0 radical (unpaired) electrons. The van der Waals surface area contributed by atoms with Crippen LogP contribution in [0.25, 0.3) is 0 Å². The number of nitrogens with two attached hydrogens (primary N) is 1. The summed E-state index contributed by atoms with van der Waals surface area (Å²) in [6, 6.07) is 0.850. The first-order valence-electron chi connectivity index (χ1n) is 3.25. The Morgan fingerprint density at radius 3 is 2.69 bits per heavy atom. The normalized spacial score (nSPS) is 12.4. The molecule has 0 saturated heterocycles. The van der Waals surface area contributed by atoms with Gasteiger partial charge in [0.2, 0.25) is 0 Å². The molecule has 0 saturated carbocycles. The van der Waals surface area contributed by atoms with Gasteiger partial charge in [0.1, 0.15) is 10.7 Å². The maximum absolute atomic E-state index is 10.3. The average Bonchev–Trinajstić information content (AvgIpc) is 2.50. The molecule has 0 aliphatic carbocycles. The van der Waals surface area contributed by atoms with E-state index in [0.717, 1.165) is 12.1 Å². The number of furan rings is 1. The zero-order valence-electron chi connectivity index (χ0n) is 6.34. The summed E-state index contributed by atoms with van der Waals surface area (Å²) in [4.78, 5) is 19.7. The van der Waals surface area contributed by atoms with Crippen LogP contribution in [0.15, 0.2) is 16.5 Å². The van der Waals surface area contributed by atoms with E-state index in [0.29, 0.717) is 0 Å². The molecule has 0 aromatic carbocycles. The van der Waals surface area contributed by atoms with Crippen molar-refractivity contribution in [3.05, 3.63) is 28.0 Å². The number of hydrogen-bond acceptors (Lipinski definition) is 5.